The van der Waals surface area contributed by atoms with Crippen LogP contribution in [0.2, 0.25) is 0 Å². The molecule has 1 fully saturated rings. The van der Waals surface area contributed by atoms with Crippen molar-refractivity contribution in [2.45, 2.75) is 53.0 Å². The Labute approximate surface area is 229 Å². The van der Waals surface area contributed by atoms with Gasteiger partial charge in [0, 0.05) is 45.3 Å². The molecule has 0 N–H and O–H groups in total. The van der Waals surface area contributed by atoms with Gasteiger partial charge in [-0.05, 0) is 74.3 Å². The second-order valence-corrected chi connectivity index (χ2v) is 11.6. The van der Waals surface area contributed by atoms with Crippen LogP contribution in [0.5, 0.6) is 0 Å². The minimum absolute atomic E-state index is 0.0587. The number of likely N-dealkylation sites (tertiary alicyclic amines) is 1. The van der Waals surface area contributed by atoms with Crippen molar-refractivity contribution in [1.82, 2.24) is 14.7 Å². The number of fused-ring (bicyclic) bond motifs is 1. The van der Waals surface area contributed by atoms with Crippen molar-refractivity contribution >= 4 is 17.5 Å². The molecule has 2 aliphatic rings. The zero-order valence-corrected chi connectivity index (χ0v) is 23.6. The molecular formula is C32H46N4O2. The Morgan fingerprint density at radius 3 is 2.26 bits per heavy atom. The van der Waals surface area contributed by atoms with E-state index in [0.717, 1.165) is 69.7 Å². The average Bonchev–Trinajstić information content (AvgIpc) is 2.93. The van der Waals surface area contributed by atoms with Gasteiger partial charge in [0.25, 0.3) is 0 Å². The summed E-state index contributed by atoms with van der Waals surface area (Å²) in [5.74, 6) is 1.50. The van der Waals surface area contributed by atoms with E-state index >= 15 is 0 Å². The molecule has 0 saturated carbocycles. The van der Waals surface area contributed by atoms with Crippen molar-refractivity contribution in [3.05, 3.63) is 65.7 Å². The van der Waals surface area contributed by atoms with Gasteiger partial charge in [-0.1, -0.05) is 62.4 Å². The highest BCUT2D eigenvalue weighted by Crippen LogP contribution is 2.25. The van der Waals surface area contributed by atoms with Crippen LogP contribution >= 0.6 is 0 Å². The van der Waals surface area contributed by atoms with Crippen molar-refractivity contribution < 1.29 is 9.59 Å². The average molecular weight is 519 g/mol. The van der Waals surface area contributed by atoms with E-state index in [4.69, 9.17) is 0 Å². The first kappa shape index (κ1) is 28.3. The predicted octanol–water partition coefficient (Wildman–Crippen LogP) is 4.68. The van der Waals surface area contributed by atoms with Crippen LogP contribution in [-0.2, 0) is 22.6 Å². The Morgan fingerprint density at radius 1 is 0.842 bits per heavy atom. The number of anilines is 1. The summed E-state index contributed by atoms with van der Waals surface area (Å²) in [7, 11) is 0. The number of rotatable bonds is 6. The molecule has 6 heteroatoms. The number of piperidine rings is 1. The molecule has 2 aliphatic heterocycles. The van der Waals surface area contributed by atoms with Crippen molar-refractivity contribution in [3.8, 4) is 0 Å². The Balaban J connectivity index is 1.44. The third-order valence-electron chi connectivity index (χ3n) is 7.98. The summed E-state index contributed by atoms with van der Waals surface area (Å²) in [5.41, 5.74) is 3.40. The zero-order valence-electron chi connectivity index (χ0n) is 23.6. The number of benzene rings is 2. The molecule has 1 saturated heterocycles. The van der Waals surface area contributed by atoms with Crippen LogP contribution in [0.25, 0.3) is 0 Å². The van der Waals surface area contributed by atoms with Crippen molar-refractivity contribution in [1.29, 1.82) is 0 Å². The van der Waals surface area contributed by atoms with E-state index in [-0.39, 0.29) is 11.8 Å². The molecule has 2 amide bonds. The molecule has 38 heavy (non-hydrogen) atoms. The van der Waals surface area contributed by atoms with Crippen molar-refractivity contribution in [2.24, 2.45) is 11.8 Å². The maximum atomic E-state index is 13.7. The minimum atomic E-state index is 0.0587. The van der Waals surface area contributed by atoms with Gasteiger partial charge in [0.2, 0.25) is 11.8 Å². The molecule has 0 aromatic heterocycles. The number of carbonyl (C=O) groups excluding carboxylic acids is 2. The predicted molar refractivity (Wildman–Crippen MR) is 155 cm³/mol. The van der Waals surface area contributed by atoms with Crippen LogP contribution in [0.15, 0.2) is 54.6 Å². The standard InChI is InChI=1S/C32H46N4O2/c1-26(2)23-33-16-9-17-36(27(3)37)31-13-8-7-12-30(31)24-35(21-20-33)32(38)25-34-18-14-29(15-19-34)22-28-10-5-4-6-11-28/h4-8,10-13,26,29H,9,14-25H2,1-3H3. The lowest BCUT2D eigenvalue weighted by molar-refractivity contribution is -0.133. The Bertz CT molecular complexity index is 1030. The summed E-state index contributed by atoms with van der Waals surface area (Å²) >= 11 is 0. The molecule has 2 aromatic rings. The van der Waals surface area contributed by atoms with Gasteiger partial charge in [-0.2, -0.15) is 0 Å². The van der Waals surface area contributed by atoms with Crippen LogP contribution in [0.4, 0.5) is 5.69 Å². The SMILES string of the molecule is CC(=O)N1CCCN(CC(C)C)CCN(C(=O)CN2CCC(Cc3ccccc3)CC2)Cc2ccccc21. The largest absolute Gasteiger partial charge is 0.336 e. The van der Waals surface area contributed by atoms with E-state index in [2.05, 4.69) is 60.0 Å². The number of amides is 2. The fourth-order valence-corrected chi connectivity index (χ4v) is 5.97. The highest BCUT2D eigenvalue weighted by molar-refractivity contribution is 5.92. The molecule has 0 unspecified atom stereocenters. The maximum absolute atomic E-state index is 13.7. The molecule has 0 aliphatic carbocycles. The van der Waals surface area contributed by atoms with Crippen molar-refractivity contribution in [2.75, 3.05) is 57.3 Å². The second kappa shape index (κ2) is 13.9. The normalized spacial score (nSPS) is 18.7. The summed E-state index contributed by atoms with van der Waals surface area (Å²) in [5, 5.41) is 0. The highest BCUT2D eigenvalue weighted by Gasteiger charge is 2.26. The molecule has 206 valence electrons. The first-order valence-corrected chi connectivity index (χ1v) is 14.5. The lowest BCUT2D eigenvalue weighted by atomic mass is 9.90. The molecule has 0 spiro atoms. The number of hydrogen-bond donors (Lipinski definition) is 0. The number of para-hydroxylation sites is 1. The van der Waals surface area contributed by atoms with E-state index in [1.807, 2.05) is 28.0 Å². The number of nitrogens with zero attached hydrogens (tertiary/aromatic N) is 4. The topological polar surface area (TPSA) is 47.1 Å². The lowest BCUT2D eigenvalue weighted by Crippen LogP contribution is -2.46. The quantitative estimate of drug-likeness (QED) is 0.557. The number of carbonyl (C=O) groups is 2. The third kappa shape index (κ3) is 8.15. The minimum Gasteiger partial charge on any atom is -0.336 e. The molecule has 2 aromatic carbocycles. The highest BCUT2D eigenvalue weighted by atomic mass is 16.2. The monoisotopic (exact) mass is 518 g/mol. The van der Waals surface area contributed by atoms with E-state index in [9.17, 15) is 9.59 Å². The molecular weight excluding hydrogens is 472 g/mol. The van der Waals surface area contributed by atoms with E-state index in [0.29, 0.717) is 38.0 Å². The summed E-state index contributed by atoms with van der Waals surface area (Å²) in [6.45, 7) is 13.3. The first-order chi connectivity index (χ1) is 18.4. The van der Waals surface area contributed by atoms with Gasteiger partial charge in [0.15, 0.2) is 0 Å². The van der Waals surface area contributed by atoms with Gasteiger partial charge >= 0.3 is 0 Å². The molecule has 6 nitrogen and oxygen atoms in total. The van der Waals surface area contributed by atoms with E-state index in [1.54, 1.807) is 6.92 Å². The van der Waals surface area contributed by atoms with E-state index < -0.39 is 0 Å². The van der Waals surface area contributed by atoms with Gasteiger partial charge in [-0.15, -0.1) is 0 Å². The maximum Gasteiger partial charge on any atom is 0.237 e. The van der Waals surface area contributed by atoms with Gasteiger partial charge in [0.1, 0.15) is 0 Å². The van der Waals surface area contributed by atoms with Gasteiger partial charge in [-0.25, -0.2) is 0 Å². The Kier molecular flexibility index (Phi) is 10.4. The van der Waals surface area contributed by atoms with Crippen LogP contribution < -0.4 is 4.90 Å². The summed E-state index contributed by atoms with van der Waals surface area (Å²) in [6, 6.07) is 18.9. The molecule has 2 heterocycles. The smallest absolute Gasteiger partial charge is 0.237 e. The van der Waals surface area contributed by atoms with Crippen LogP contribution in [-0.4, -0.2) is 78.9 Å². The van der Waals surface area contributed by atoms with Gasteiger partial charge in [-0.3, -0.25) is 14.5 Å². The fraction of sp³-hybridized carbons (Fsp3) is 0.562. The van der Waals surface area contributed by atoms with Crippen LogP contribution in [0.1, 0.15) is 51.2 Å². The van der Waals surface area contributed by atoms with Crippen LogP contribution in [0, 0.1) is 11.8 Å². The fourth-order valence-electron chi connectivity index (χ4n) is 5.97. The number of hydrogen-bond acceptors (Lipinski definition) is 4. The lowest BCUT2D eigenvalue weighted by Gasteiger charge is -2.34. The third-order valence-corrected chi connectivity index (χ3v) is 7.98. The molecule has 4 rings (SSSR count). The van der Waals surface area contributed by atoms with Crippen LogP contribution in [0.3, 0.4) is 0 Å². The summed E-state index contributed by atoms with van der Waals surface area (Å²) < 4.78 is 0. The molecule has 0 bridgehead atoms. The molecule has 0 atom stereocenters. The first-order valence-electron chi connectivity index (χ1n) is 14.5. The molecule has 0 radical (unpaired) electrons. The Hall–Kier alpha value is -2.70. The van der Waals surface area contributed by atoms with Gasteiger partial charge in [0.05, 0.1) is 6.54 Å². The van der Waals surface area contributed by atoms with Crippen molar-refractivity contribution in [3.63, 3.8) is 0 Å². The summed E-state index contributed by atoms with van der Waals surface area (Å²) in [6.07, 6.45) is 4.33. The zero-order chi connectivity index (χ0) is 26.9. The van der Waals surface area contributed by atoms with Gasteiger partial charge < -0.3 is 14.7 Å². The van der Waals surface area contributed by atoms with E-state index in [1.165, 1.54) is 5.56 Å². The Morgan fingerprint density at radius 2 is 1.55 bits per heavy atom. The second-order valence-electron chi connectivity index (χ2n) is 11.6. The summed E-state index contributed by atoms with van der Waals surface area (Å²) in [4.78, 5) is 35.1.